The number of hydrogen-bond acceptors (Lipinski definition) is 6. The largest absolute Gasteiger partial charge is 0.493 e. The molecule has 2 aromatic carbocycles. The quantitative estimate of drug-likeness (QED) is 0.550. The first kappa shape index (κ1) is 17.5. The van der Waals surface area contributed by atoms with Gasteiger partial charge in [-0.15, -0.1) is 0 Å². The van der Waals surface area contributed by atoms with E-state index in [9.17, 15) is 4.79 Å². The van der Waals surface area contributed by atoms with Gasteiger partial charge in [-0.3, -0.25) is 4.79 Å². The van der Waals surface area contributed by atoms with E-state index < -0.39 is 0 Å². The van der Waals surface area contributed by atoms with Gasteiger partial charge in [0.2, 0.25) is 0 Å². The summed E-state index contributed by atoms with van der Waals surface area (Å²) in [5.74, 6) is 2.56. The molecule has 0 spiro atoms. The van der Waals surface area contributed by atoms with Crippen molar-refractivity contribution in [3.63, 3.8) is 0 Å². The fraction of sp³-hybridized carbons (Fsp3) is 0.364. The van der Waals surface area contributed by atoms with Crippen molar-refractivity contribution in [1.82, 2.24) is 4.98 Å². The summed E-state index contributed by atoms with van der Waals surface area (Å²) in [6, 6.07) is 13.6. The van der Waals surface area contributed by atoms with Gasteiger partial charge in [-0.1, -0.05) is 17.4 Å². The molecule has 1 aromatic heterocycles. The summed E-state index contributed by atoms with van der Waals surface area (Å²) in [6.45, 7) is 4.02. The van der Waals surface area contributed by atoms with E-state index in [2.05, 4.69) is 4.90 Å². The van der Waals surface area contributed by atoms with Gasteiger partial charge in [0.25, 0.3) is 0 Å². The standard InChI is InChI=1S/C22H22N2O3S/c1-14(25)16-7-8-20-21(9-16)28-22(23-20)24-11-19(12-24)27-18-4-2-3-17(10-18)26-13-15-5-6-15/h2-4,7-10,15,19H,5-6,11-13H2,1H3. The van der Waals surface area contributed by atoms with Crippen molar-refractivity contribution in [2.75, 3.05) is 24.6 Å². The molecule has 1 saturated heterocycles. The second-order valence-corrected chi connectivity index (χ2v) is 8.62. The van der Waals surface area contributed by atoms with Crippen LogP contribution < -0.4 is 14.4 Å². The number of fused-ring (bicyclic) bond motifs is 1. The van der Waals surface area contributed by atoms with E-state index in [1.165, 1.54) is 12.8 Å². The number of carbonyl (C=O) groups excluding carboxylic acids is 1. The summed E-state index contributed by atoms with van der Waals surface area (Å²) in [6.07, 6.45) is 2.73. The summed E-state index contributed by atoms with van der Waals surface area (Å²) in [5, 5.41) is 0.983. The number of benzene rings is 2. The number of thiazole rings is 1. The number of aromatic nitrogens is 1. The molecule has 3 aromatic rings. The SMILES string of the molecule is CC(=O)c1ccc2nc(N3CC(Oc4cccc(OCC5CC5)c4)C3)sc2c1. The first-order chi connectivity index (χ1) is 13.6. The van der Waals surface area contributed by atoms with Crippen molar-refractivity contribution in [3.8, 4) is 11.5 Å². The van der Waals surface area contributed by atoms with E-state index in [-0.39, 0.29) is 11.9 Å². The second kappa shape index (κ2) is 7.09. The van der Waals surface area contributed by atoms with Crippen LogP contribution in [0.25, 0.3) is 10.2 Å². The molecule has 144 valence electrons. The Bertz CT molecular complexity index is 1020. The molecular weight excluding hydrogens is 372 g/mol. The lowest BCUT2D eigenvalue weighted by molar-refractivity contribution is 0.101. The molecule has 28 heavy (non-hydrogen) atoms. The van der Waals surface area contributed by atoms with Crippen LogP contribution in [0, 0.1) is 5.92 Å². The van der Waals surface area contributed by atoms with Gasteiger partial charge in [0.05, 0.1) is 29.9 Å². The first-order valence-corrected chi connectivity index (χ1v) is 10.5. The molecule has 0 bridgehead atoms. The number of anilines is 1. The van der Waals surface area contributed by atoms with Crippen LogP contribution in [0.3, 0.4) is 0 Å². The summed E-state index contributed by atoms with van der Waals surface area (Å²) < 4.78 is 13.0. The maximum atomic E-state index is 11.6. The Balaban J connectivity index is 1.20. The molecule has 6 heteroatoms. The highest BCUT2D eigenvalue weighted by molar-refractivity contribution is 7.22. The van der Waals surface area contributed by atoms with Gasteiger partial charge in [0, 0.05) is 11.6 Å². The third kappa shape index (κ3) is 3.69. The Morgan fingerprint density at radius 1 is 1.18 bits per heavy atom. The number of nitrogens with zero attached hydrogens (tertiary/aromatic N) is 2. The van der Waals surface area contributed by atoms with E-state index in [4.69, 9.17) is 14.5 Å². The third-order valence-corrected chi connectivity index (χ3v) is 6.27. The molecule has 2 fully saturated rings. The number of carbonyl (C=O) groups is 1. The van der Waals surface area contributed by atoms with E-state index in [1.807, 2.05) is 42.5 Å². The highest BCUT2D eigenvalue weighted by Gasteiger charge is 2.31. The van der Waals surface area contributed by atoms with Crippen LogP contribution in [-0.4, -0.2) is 36.6 Å². The molecule has 0 unspecified atom stereocenters. The highest BCUT2D eigenvalue weighted by Crippen LogP contribution is 2.34. The maximum absolute atomic E-state index is 11.6. The van der Waals surface area contributed by atoms with Gasteiger partial charge in [0.15, 0.2) is 10.9 Å². The zero-order valence-electron chi connectivity index (χ0n) is 15.8. The molecule has 1 aliphatic heterocycles. The van der Waals surface area contributed by atoms with Gasteiger partial charge in [0.1, 0.15) is 17.6 Å². The molecule has 1 saturated carbocycles. The van der Waals surface area contributed by atoms with Crippen molar-refractivity contribution in [1.29, 1.82) is 0 Å². The molecule has 2 aliphatic rings. The van der Waals surface area contributed by atoms with Gasteiger partial charge in [-0.2, -0.15) is 0 Å². The van der Waals surface area contributed by atoms with Crippen molar-refractivity contribution in [2.45, 2.75) is 25.9 Å². The summed E-state index contributed by atoms with van der Waals surface area (Å²) in [4.78, 5) is 18.5. The molecule has 1 aliphatic carbocycles. The van der Waals surface area contributed by atoms with Gasteiger partial charge < -0.3 is 14.4 Å². The summed E-state index contributed by atoms with van der Waals surface area (Å²) in [5.41, 5.74) is 1.67. The van der Waals surface area contributed by atoms with Crippen LogP contribution in [0.4, 0.5) is 5.13 Å². The highest BCUT2D eigenvalue weighted by atomic mass is 32.1. The molecule has 0 atom stereocenters. The van der Waals surface area contributed by atoms with Crippen LogP contribution in [0.1, 0.15) is 30.1 Å². The van der Waals surface area contributed by atoms with Crippen molar-refractivity contribution >= 4 is 32.5 Å². The molecule has 5 nitrogen and oxygen atoms in total. The first-order valence-electron chi connectivity index (χ1n) is 9.70. The number of hydrogen-bond donors (Lipinski definition) is 0. The Morgan fingerprint density at radius 2 is 2.00 bits per heavy atom. The fourth-order valence-electron chi connectivity index (χ4n) is 3.26. The van der Waals surface area contributed by atoms with E-state index in [0.717, 1.165) is 58.0 Å². The van der Waals surface area contributed by atoms with E-state index >= 15 is 0 Å². The lowest BCUT2D eigenvalue weighted by Crippen LogP contribution is -2.54. The monoisotopic (exact) mass is 394 g/mol. The zero-order valence-corrected chi connectivity index (χ0v) is 16.6. The Hall–Kier alpha value is -2.60. The van der Waals surface area contributed by atoms with Crippen LogP contribution >= 0.6 is 11.3 Å². The van der Waals surface area contributed by atoms with Gasteiger partial charge >= 0.3 is 0 Å². The lowest BCUT2D eigenvalue weighted by Gasteiger charge is -2.38. The average Bonchev–Trinajstić information content (AvgIpc) is 3.39. The van der Waals surface area contributed by atoms with Gasteiger partial charge in [-0.25, -0.2) is 4.98 Å². The van der Waals surface area contributed by atoms with Crippen molar-refractivity contribution < 1.29 is 14.3 Å². The smallest absolute Gasteiger partial charge is 0.186 e. The molecule has 0 amide bonds. The maximum Gasteiger partial charge on any atom is 0.186 e. The minimum Gasteiger partial charge on any atom is -0.493 e. The van der Waals surface area contributed by atoms with E-state index in [1.54, 1.807) is 18.3 Å². The number of Topliss-reactive ketones (excluding diaryl/α,β-unsaturated/α-hetero) is 1. The van der Waals surface area contributed by atoms with Crippen LogP contribution in [0.2, 0.25) is 0 Å². The van der Waals surface area contributed by atoms with Gasteiger partial charge in [-0.05, 0) is 56.0 Å². The molecule has 0 radical (unpaired) electrons. The van der Waals surface area contributed by atoms with Crippen LogP contribution in [0.5, 0.6) is 11.5 Å². The van der Waals surface area contributed by atoms with Crippen LogP contribution in [0.15, 0.2) is 42.5 Å². The minimum atomic E-state index is 0.0811. The van der Waals surface area contributed by atoms with Crippen molar-refractivity contribution in [3.05, 3.63) is 48.0 Å². The number of rotatable bonds is 7. The minimum absolute atomic E-state index is 0.0811. The number of ether oxygens (including phenoxy) is 2. The third-order valence-electron chi connectivity index (χ3n) is 5.19. The fourth-order valence-corrected chi connectivity index (χ4v) is 4.29. The second-order valence-electron chi connectivity index (χ2n) is 7.61. The lowest BCUT2D eigenvalue weighted by atomic mass is 10.1. The zero-order chi connectivity index (χ0) is 19.1. The summed E-state index contributed by atoms with van der Waals surface area (Å²) in [7, 11) is 0. The topological polar surface area (TPSA) is 51.7 Å². The predicted octanol–water partition coefficient (Wildman–Crippen LogP) is 4.56. The molecule has 0 N–H and O–H groups in total. The number of ketones is 1. The van der Waals surface area contributed by atoms with Crippen LogP contribution in [-0.2, 0) is 0 Å². The predicted molar refractivity (Wildman–Crippen MR) is 111 cm³/mol. The molecule has 5 rings (SSSR count). The summed E-state index contributed by atoms with van der Waals surface area (Å²) >= 11 is 1.63. The average molecular weight is 394 g/mol. The van der Waals surface area contributed by atoms with E-state index in [0.29, 0.717) is 0 Å². The Kier molecular flexibility index (Phi) is 4.43. The van der Waals surface area contributed by atoms with Crippen molar-refractivity contribution in [2.24, 2.45) is 5.92 Å². The Morgan fingerprint density at radius 3 is 2.79 bits per heavy atom. The Labute approximate surface area is 167 Å². The molecular formula is C22H22N2O3S. The normalized spacial score (nSPS) is 16.8. The molecule has 2 heterocycles.